The molecule has 0 unspecified atom stereocenters. The van der Waals surface area contributed by atoms with Crippen LogP contribution in [0.15, 0.2) is 58.5 Å². The first-order valence-corrected chi connectivity index (χ1v) is 9.88. The maximum Gasteiger partial charge on any atom is 0.307 e. The molecule has 2 aromatic carbocycles. The summed E-state index contributed by atoms with van der Waals surface area (Å²) in [6, 6.07) is 15.7. The minimum Gasteiger partial charge on any atom is -0.481 e. The summed E-state index contributed by atoms with van der Waals surface area (Å²) in [5, 5.41) is 8.95. The van der Waals surface area contributed by atoms with Crippen LogP contribution in [0.1, 0.15) is 37.7 Å². The highest BCUT2D eigenvalue weighted by atomic mass is 16.4. The molecule has 1 saturated carbocycles. The van der Waals surface area contributed by atoms with Crippen LogP contribution in [-0.4, -0.2) is 28.7 Å². The largest absolute Gasteiger partial charge is 0.481 e. The lowest BCUT2D eigenvalue weighted by Gasteiger charge is -2.45. The van der Waals surface area contributed by atoms with Crippen molar-refractivity contribution in [1.82, 2.24) is 0 Å². The quantitative estimate of drug-likeness (QED) is 0.740. The van der Waals surface area contributed by atoms with Gasteiger partial charge in [0, 0.05) is 5.69 Å². The van der Waals surface area contributed by atoms with Gasteiger partial charge in [-0.05, 0) is 54.5 Å². The Labute approximate surface area is 169 Å². The van der Waals surface area contributed by atoms with Crippen molar-refractivity contribution >= 4 is 23.6 Å². The molecule has 29 heavy (non-hydrogen) atoms. The highest BCUT2D eigenvalue weighted by Gasteiger charge is 2.42. The Hall–Kier alpha value is -3.35. The van der Waals surface area contributed by atoms with Gasteiger partial charge in [0.2, 0.25) is 11.9 Å². The number of aliphatic imine (C=N–C) groups is 2. The van der Waals surface area contributed by atoms with Gasteiger partial charge in [0.15, 0.2) is 0 Å². The zero-order valence-electron chi connectivity index (χ0n) is 16.2. The van der Waals surface area contributed by atoms with Gasteiger partial charge in [0.1, 0.15) is 5.66 Å². The smallest absolute Gasteiger partial charge is 0.307 e. The summed E-state index contributed by atoms with van der Waals surface area (Å²) in [6.45, 7) is 0. The number of carboxylic acid groups (broad SMARTS) is 1. The lowest BCUT2D eigenvalue weighted by Crippen LogP contribution is -2.58. The fourth-order valence-corrected chi connectivity index (χ4v) is 4.31. The summed E-state index contributed by atoms with van der Waals surface area (Å²) < 4.78 is 0. The van der Waals surface area contributed by atoms with Gasteiger partial charge in [0.25, 0.3) is 0 Å². The van der Waals surface area contributed by atoms with Crippen LogP contribution in [-0.2, 0) is 11.2 Å². The molecule has 1 fully saturated rings. The second-order valence-electron chi connectivity index (χ2n) is 7.64. The molecule has 5 N–H and O–H groups in total. The van der Waals surface area contributed by atoms with Gasteiger partial charge in [-0.1, -0.05) is 42.8 Å². The van der Waals surface area contributed by atoms with Crippen molar-refractivity contribution in [2.75, 3.05) is 4.90 Å². The number of carbonyl (C=O) groups is 1. The molecule has 0 bridgehead atoms. The van der Waals surface area contributed by atoms with E-state index in [-0.39, 0.29) is 12.4 Å². The molecule has 0 amide bonds. The lowest BCUT2D eigenvalue weighted by atomic mass is 9.87. The summed E-state index contributed by atoms with van der Waals surface area (Å²) >= 11 is 0. The van der Waals surface area contributed by atoms with Crippen LogP contribution < -0.4 is 16.4 Å². The fraction of sp³-hybridized carbons (Fsp3) is 0.318. The van der Waals surface area contributed by atoms with Crippen molar-refractivity contribution in [2.24, 2.45) is 21.5 Å². The van der Waals surface area contributed by atoms with Crippen LogP contribution in [0.5, 0.6) is 0 Å². The summed E-state index contributed by atoms with van der Waals surface area (Å²) in [6.07, 6.45) is 5.13. The van der Waals surface area contributed by atoms with E-state index < -0.39 is 11.6 Å². The van der Waals surface area contributed by atoms with Crippen molar-refractivity contribution < 1.29 is 9.90 Å². The second kappa shape index (κ2) is 7.58. The van der Waals surface area contributed by atoms with E-state index in [0.717, 1.165) is 48.1 Å². The molecule has 1 aliphatic carbocycles. The molecule has 150 valence electrons. The molecule has 1 aliphatic heterocycles. The van der Waals surface area contributed by atoms with Crippen LogP contribution in [0.4, 0.5) is 5.69 Å². The molecule has 2 aromatic rings. The Bertz CT molecular complexity index is 975. The monoisotopic (exact) mass is 391 g/mol. The third kappa shape index (κ3) is 3.81. The van der Waals surface area contributed by atoms with Gasteiger partial charge in [-0.3, -0.25) is 9.69 Å². The van der Waals surface area contributed by atoms with E-state index in [1.807, 2.05) is 47.4 Å². The predicted octanol–water partition coefficient (Wildman–Crippen LogP) is 3.09. The molecule has 1 heterocycles. The van der Waals surface area contributed by atoms with Gasteiger partial charge in [-0.25, -0.2) is 4.99 Å². The van der Waals surface area contributed by atoms with Gasteiger partial charge in [0.05, 0.1) is 6.42 Å². The average molecular weight is 391 g/mol. The average Bonchev–Trinajstić information content (AvgIpc) is 2.68. The number of guanidine groups is 2. The maximum absolute atomic E-state index is 10.9. The van der Waals surface area contributed by atoms with E-state index in [1.165, 1.54) is 6.42 Å². The van der Waals surface area contributed by atoms with Crippen molar-refractivity contribution in [3.8, 4) is 11.1 Å². The molecule has 7 heteroatoms. The summed E-state index contributed by atoms with van der Waals surface area (Å²) in [7, 11) is 0. The van der Waals surface area contributed by atoms with Crippen LogP contribution >= 0.6 is 0 Å². The van der Waals surface area contributed by atoms with Crippen molar-refractivity contribution in [1.29, 1.82) is 0 Å². The Morgan fingerprint density at radius 3 is 2.45 bits per heavy atom. The number of rotatable bonds is 4. The van der Waals surface area contributed by atoms with E-state index in [2.05, 4.69) is 11.1 Å². The second-order valence-corrected chi connectivity index (χ2v) is 7.64. The normalized spacial score (nSPS) is 18.3. The molecular formula is C22H25N5O2. The van der Waals surface area contributed by atoms with Gasteiger partial charge >= 0.3 is 5.97 Å². The zero-order valence-corrected chi connectivity index (χ0v) is 16.2. The van der Waals surface area contributed by atoms with E-state index in [9.17, 15) is 4.79 Å². The van der Waals surface area contributed by atoms with Crippen LogP contribution in [0.3, 0.4) is 0 Å². The highest BCUT2D eigenvalue weighted by molar-refractivity contribution is 6.05. The summed E-state index contributed by atoms with van der Waals surface area (Å²) in [5.41, 5.74) is 15.5. The number of nitrogens with two attached hydrogens (primary N) is 2. The predicted molar refractivity (Wildman–Crippen MR) is 115 cm³/mol. The number of hydrogen-bond donors (Lipinski definition) is 3. The molecule has 0 radical (unpaired) electrons. The standard InChI is InChI=1S/C22H25N5O2/c23-20-25-21(24)27(22(26-20)11-2-1-3-12-22)18-6-4-5-17(14-18)16-9-7-15(8-10-16)13-19(28)29/h4-10,14H,1-3,11-13H2,(H,28,29)(H4,23,24,25,26). The number of benzene rings is 2. The minimum absolute atomic E-state index is 0.0169. The topological polar surface area (TPSA) is 117 Å². The van der Waals surface area contributed by atoms with Gasteiger partial charge < -0.3 is 16.6 Å². The lowest BCUT2D eigenvalue weighted by molar-refractivity contribution is -0.136. The Morgan fingerprint density at radius 2 is 1.76 bits per heavy atom. The molecule has 0 aromatic heterocycles. The first kappa shape index (κ1) is 19.0. The first-order chi connectivity index (χ1) is 14.0. The SMILES string of the molecule is NC1=NC2(CCCCC2)N(c2cccc(-c3ccc(CC(=O)O)cc3)c2)C(N)=N1. The van der Waals surface area contributed by atoms with E-state index in [1.54, 1.807) is 0 Å². The Kier molecular flexibility index (Phi) is 4.96. The van der Waals surface area contributed by atoms with E-state index >= 15 is 0 Å². The summed E-state index contributed by atoms with van der Waals surface area (Å²) in [5.74, 6) is -0.226. The molecule has 4 rings (SSSR count). The number of hydrogen-bond acceptors (Lipinski definition) is 6. The third-order valence-electron chi connectivity index (χ3n) is 5.60. The minimum atomic E-state index is -0.836. The molecule has 0 atom stereocenters. The molecule has 0 saturated heterocycles. The Balaban J connectivity index is 1.69. The summed E-state index contributed by atoms with van der Waals surface area (Å²) in [4.78, 5) is 21.9. The molecular weight excluding hydrogens is 366 g/mol. The van der Waals surface area contributed by atoms with Crippen LogP contribution in [0, 0.1) is 0 Å². The molecule has 1 spiro atoms. The fourth-order valence-electron chi connectivity index (χ4n) is 4.31. The highest BCUT2D eigenvalue weighted by Crippen LogP contribution is 2.40. The van der Waals surface area contributed by atoms with Crippen LogP contribution in [0.25, 0.3) is 11.1 Å². The van der Waals surface area contributed by atoms with Crippen molar-refractivity contribution in [3.05, 3.63) is 54.1 Å². The van der Waals surface area contributed by atoms with Crippen molar-refractivity contribution in [3.63, 3.8) is 0 Å². The third-order valence-corrected chi connectivity index (χ3v) is 5.60. The van der Waals surface area contributed by atoms with Gasteiger partial charge in [-0.2, -0.15) is 4.99 Å². The number of anilines is 1. The molecule has 2 aliphatic rings. The van der Waals surface area contributed by atoms with Crippen molar-refractivity contribution in [2.45, 2.75) is 44.2 Å². The van der Waals surface area contributed by atoms with Gasteiger partial charge in [-0.15, -0.1) is 0 Å². The number of nitrogens with zero attached hydrogens (tertiary/aromatic N) is 3. The Morgan fingerprint density at radius 1 is 1.03 bits per heavy atom. The van der Waals surface area contributed by atoms with E-state index in [4.69, 9.17) is 21.6 Å². The van der Waals surface area contributed by atoms with E-state index in [0.29, 0.717) is 5.96 Å². The number of carboxylic acids is 1. The molecule has 7 nitrogen and oxygen atoms in total. The maximum atomic E-state index is 10.9. The number of aliphatic carboxylic acids is 1. The first-order valence-electron chi connectivity index (χ1n) is 9.88. The zero-order chi connectivity index (χ0) is 20.4. The van der Waals surface area contributed by atoms with Crippen LogP contribution in [0.2, 0.25) is 0 Å².